The van der Waals surface area contributed by atoms with Crippen molar-refractivity contribution >= 4 is 21.9 Å². The Kier molecular flexibility index (Phi) is 9.06. The zero-order valence-electron chi connectivity index (χ0n) is 30.7. The lowest BCUT2D eigenvalue weighted by molar-refractivity contribution is -0.743. The maximum atomic E-state index is 6.26. The molecular formula is C48H50N2O+2. The third-order valence-electron chi connectivity index (χ3n) is 11.9. The summed E-state index contributed by atoms with van der Waals surface area (Å²) in [7, 11) is 0. The van der Waals surface area contributed by atoms with Crippen molar-refractivity contribution in [2.75, 3.05) is 0 Å². The molecule has 4 aromatic carbocycles. The second-order valence-electron chi connectivity index (χ2n) is 14.6. The van der Waals surface area contributed by atoms with Gasteiger partial charge in [0.1, 0.15) is 11.2 Å². The van der Waals surface area contributed by atoms with E-state index in [1.54, 1.807) is 0 Å². The molecule has 0 saturated carbocycles. The predicted octanol–water partition coefficient (Wildman–Crippen LogP) is 11.9. The number of rotatable bonds is 11. The summed E-state index contributed by atoms with van der Waals surface area (Å²) in [6.45, 7) is 10.2. The number of aromatic nitrogens is 2. The van der Waals surface area contributed by atoms with Crippen LogP contribution < -0.4 is 9.13 Å². The number of unbranched alkanes of at least 4 members (excludes halogenated alkanes) is 2. The highest BCUT2D eigenvalue weighted by Gasteiger charge is 2.50. The van der Waals surface area contributed by atoms with Crippen LogP contribution in [0.5, 0.6) is 0 Å². The zero-order valence-corrected chi connectivity index (χ0v) is 30.7. The van der Waals surface area contributed by atoms with Gasteiger partial charge in [-0.2, -0.15) is 9.13 Å². The lowest BCUT2D eigenvalue weighted by Gasteiger charge is -2.41. The van der Waals surface area contributed by atoms with Gasteiger partial charge in [-0.05, 0) is 85.2 Å². The maximum Gasteiger partial charge on any atom is 0.213 e. The molecule has 1 atom stereocenters. The third-order valence-corrected chi connectivity index (χ3v) is 11.9. The van der Waals surface area contributed by atoms with E-state index in [1.807, 2.05) is 6.07 Å². The number of nitrogens with zero attached hydrogens (tertiary/aromatic N) is 2. The van der Waals surface area contributed by atoms with Crippen LogP contribution in [-0.4, -0.2) is 0 Å². The van der Waals surface area contributed by atoms with Gasteiger partial charge in [-0.3, -0.25) is 0 Å². The molecule has 8 rings (SSSR count). The highest BCUT2D eigenvalue weighted by molar-refractivity contribution is 6.06. The highest BCUT2D eigenvalue weighted by atomic mass is 16.3. The number of hydrogen-bond acceptors (Lipinski definition) is 1. The van der Waals surface area contributed by atoms with Crippen molar-refractivity contribution in [1.82, 2.24) is 0 Å². The van der Waals surface area contributed by atoms with Gasteiger partial charge >= 0.3 is 0 Å². The molecule has 0 N–H and O–H groups in total. The van der Waals surface area contributed by atoms with Gasteiger partial charge in [-0.15, -0.1) is 0 Å². The van der Waals surface area contributed by atoms with Crippen LogP contribution in [0.1, 0.15) is 82.0 Å². The average Bonchev–Trinajstić information content (AvgIpc) is 3.54. The quantitative estimate of drug-likeness (QED) is 0.0991. The van der Waals surface area contributed by atoms with Crippen molar-refractivity contribution in [3.63, 3.8) is 0 Å². The van der Waals surface area contributed by atoms with Crippen molar-refractivity contribution in [2.45, 2.75) is 90.6 Å². The predicted molar refractivity (Wildman–Crippen MR) is 211 cm³/mol. The van der Waals surface area contributed by atoms with Crippen molar-refractivity contribution < 1.29 is 13.6 Å². The Balaban J connectivity index is 1.25. The van der Waals surface area contributed by atoms with Crippen molar-refractivity contribution in [2.24, 2.45) is 0 Å². The van der Waals surface area contributed by atoms with E-state index >= 15 is 0 Å². The molecule has 0 spiro atoms. The van der Waals surface area contributed by atoms with Gasteiger partial charge in [0.15, 0.2) is 25.0 Å². The molecular weight excluding hydrogens is 621 g/mol. The van der Waals surface area contributed by atoms with Gasteiger partial charge in [0.2, 0.25) is 11.4 Å². The average molecular weight is 671 g/mol. The van der Waals surface area contributed by atoms with Gasteiger partial charge in [0, 0.05) is 40.1 Å². The smallest absolute Gasteiger partial charge is 0.213 e. The zero-order chi connectivity index (χ0) is 35.0. The van der Waals surface area contributed by atoms with E-state index in [0.717, 1.165) is 43.4 Å². The fourth-order valence-corrected chi connectivity index (χ4v) is 9.16. The first kappa shape index (κ1) is 33.1. The van der Waals surface area contributed by atoms with Crippen molar-refractivity contribution in [1.29, 1.82) is 0 Å². The first-order valence-corrected chi connectivity index (χ1v) is 19.2. The van der Waals surface area contributed by atoms with Gasteiger partial charge in [0.25, 0.3) is 0 Å². The van der Waals surface area contributed by atoms with Crippen LogP contribution in [0.2, 0.25) is 0 Å². The molecule has 256 valence electrons. The monoisotopic (exact) mass is 670 g/mol. The standard InChI is InChI=1S/C48H50N2O/c1-5-8-10-21-36-31-44-38-23-13-15-24-42(38)48(6-2,7-3)47(50(44)33-41(36)35-19-11-9-12-20-35)27-29-49-28-18-17-25-43(49)39-32-40-37-22-14-16-26-45(37)51-46(40)30-34(39)4/h9,11-20,22-26,28,30-33,47H,5-8,10,21,27,29H2,1-4H3/q+2. The second kappa shape index (κ2) is 13.9. The fourth-order valence-electron chi connectivity index (χ4n) is 9.16. The molecule has 3 heteroatoms. The molecule has 0 fully saturated rings. The molecule has 7 aromatic rings. The lowest BCUT2D eigenvalue weighted by Crippen LogP contribution is -2.57. The molecule has 3 nitrogen and oxygen atoms in total. The number of benzene rings is 4. The molecule has 3 aromatic heterocycles. The molecule has 0 aliphatic carbocycles. The minimum Gasteiger partial charge on any atom is -0.456 e. The molecule has 51 heavy (non-hydrogen) atoms. The fraction of sp³-hybridized carbons (Fsp3) is 0.292. The summed E-state index contributed by atoms with van der Waals surface area (Å²) in [6, 6.07) is 42.8. The third kappa shape index (κ3) is 5.77. The minimum atomic E-state index is 0.0198. The summed E-state index contributed by atoms with van der Waals surface area (Å²) in [5.41, 5.74) is 14.1. The maximum absolute atomic E-state index is 6.26. The highest BCUT2D eigenvalue weighted by Crippen LogP contribution is 2.49. The molecule has 0 radical (unpaired) electrons. The molecule has 1 aliphatic rings. The summed E-state index contributed by atoms with van der Waals surface area (Å²) in [6.07, 6.45) is 12.8. The van der Waals surface area contributed by atoms with E-state index in [-0.39, 0.29) is 5.41 Å². The van der Waals surface area contributed by atoms with E-state index in [4.69, 9.17) is 4.42 Å². The van der Waals surface area contributed by atoms with Crippen molar-refractivity contribution in [3.05, 3.63) is 144 Å². The topological polar surface area (TPSA) is 20.9 Å². The van der Waals surface area contributed by atoms with Crippen LogP contribution in [0, 0.1) is 6.92 Å². The van der Waals surface area contributed by atoms with Crippen LogP contribution in [0.25, 0.3) is 55.6 Å². The van der Waals surface area contributed by atoms with E-state index in [2.05, 4.69) is 158 Å². The molecule has 4 heterocycles. The number of furan rings is 1. The summed E-state index contributed by atoms with van der Waals surface area (Å²) in [5, 5.41) is 2.35. The Hall–Kier alpha value is -5.02. The van der Waals surface area contributed by atoms with Crippen LogP contribution in [0.4, 0.5) is 0 Å². The number of pyridine rings is 2. The van der Waals surface area contributed by atoms with E-state index in [1.165, 1.54) is 80.4 Å². The van der Waals surface area contributed by atoms with Gasteiger partial charge in [-0.1, -0.05) is 100 Å². The molecule has 0 amide bonds. The van der Waals surface area contributed by atoms with Crippen LogP contribution >= 0.6 is 0 Å². The van der Waals surface area contributed by atoms with Crippen LogP contribution in [0.3, 0.4) is 0 Å². The Labute approximate surface area is 303 Å². The Morgan fingerprint density at radius 3 is 2.25 bits per heavy atom. The van der Waals surface area contributed by atoms with Crippen molar-refractivity contribution in [3.8, 4) is 33.6 Å². The summed E-state index contributed by atoms with van der Waals surface area (Å²) < 4.78 is 11.4. The Bertz CT molecular complexity index is 2330. The SMILES string of the molecule is CCCCCc1cc2[n+](cc1-c1ccccc1)C(CC[n+]1ccccc1-c1cc3c(cc1C)oc1ccccc13)C(CC)(CC)c1ccccc1-2. The van der Waals surface area contributed by atoms with Crippen LogP contribution in [-0.2, 0) is 18.4 Å². The minimum absolute atomic E-state index is 0.0198. The summed E-state index contributed by atoms with van der Waals surface area (Å²) >= 11 is 0. The summed E-state index contributed by atoms with van der Waals surface area (Å²) in [4.78, 5) is 0. The van der Waals surface area contributed by atoms with E-state index in [0.29, 0.717) is 6.04 Å². The van der Waals surface area contributed by atoms with Gasteiger partial charge < -0.3 is 4.42 Å². The first-order valence-electron chi connectivity index (χ1n) is 19.2. The number of para-hydroxylation sites is 1. The number of fused-ring (bicyclic) bond motifs is 6. The van der Waals surface area contributed by atoms with E-state index < -0.39 is 0 Å². The Morgan fingerprint density at radius 2 is 1.43 bits per heavy atom. The number of aryl methyl sites for hydroxylation is 3. The summed E-state index contributed by atoms with van der Waals surface area (Å²) in [5.74, 6) is 0. The largest absolute Gasteiger partial charge is 0.456 e. The molecule has 1 unspecified atom stereocenters. The van der Waals surface area contributed by atoms with Gasteiger partial charge in [0.05, 0.1) is 17.4 Å². The number of hydrogen-bond donors (Lipinski definition) is 0. The molecule has 0 bridgehead atoms. The second-order valence-corrected chi connectivity index (χ2v) is 14.6. The molecule has 1 aliphatic heterocycles. The lowest BCUT2D eigenvalue weighted by atomic mass is 9.65. The van der Waals surface area contributed by atoms with E-state index in [9.17, 15) is 0 Å². The molecule has 0 saturated heterocycles. The van der Waals surface area contributed by atoms with Crippen LogP contribution in [0.15, 0.2) is 132 Å². The Morgan fingerprint density at radius 1 is 0.667 bits per heavy atom. The first-order chi connectivity index (χ1) is 25.1. The van der Waals surface area contributed by atoms with Gasteiger partial charge in [-0.25, -0.2) is 0 Å². The normalized spacial score (nSPS) is 14.9.